The predicted octanol–water partition coefficient (Wildman–Crippen LogP) is -2.11. The van der Waals surface area contributed by atoms with Gasteiger partial charge in [-0.2, -0.15) is 0 Å². The van der Waals surface area contributed by atoms with Crippen LogP contribution < -0.4 is 16.8 Å². The van der Waals surface area contributed by atoms with Gasteiger partial charge in [-0.25, -0.2) is 4.98 Å². The number of hydrogen-bond donors (Lipinski definition) is 3. The molecule has 5 N–H and O–H groups in total. The normalized spacial score (nSPS) is 12.1. The first-order valence-electron chi connectivity index (χ1n) is 4.78. The van der Waals surface area contributed by atoms with Crippen LogP contribution >= 0.6 is 0 Å². The van der Waals surface area contributed by atoms with E-state index >= 15 is 0 Å². The van der Waals surface area contributed by atoms with Gasteiger partial charge in [-0.1, -0.05) is 0 Å². The van der Waals surface area contributed by atoms with Crippen LogP contribution in [0.25, 0.3) is 0 Å². The third kappa shape index (κ3) is 3.35. The van der Waals surface area contributed by atoms with Crippen LogP contribution in [0, 0.1) is 0 Å². The Hall–Kier alpha value is -1.89. The summed E-state index contributed by atoms with van der Waals surface area (Å²) in [6.45, 7) is -0.175. The lowest BCUT2D eigenvalue weighted by atomic mass is 10.1. The molecule has 7 heteroatoms. The van der Waals surface area contributed by atoms with E-state index in [9.17, 15) is 9.59 Å². The van der Waals surface area contributed by atoms with Crippen molar-refractivity contribution < 1.29 is 9.59 Å². The molecule has 1 heterocycles. The zero-order valence-corrected chi connectivity index (χ0v) is 9.01. The molecule has 0 bridgehead atoms. The highest BCUT2D eigenvalue weighted by Crippen LogP contribution is 1.99. The molecule has 0 aliphatic heterocycles. The summed E-state index contributed by atoms with van der Waals surface area (Å²) in [7, 11) is 1.81. The van der Waals surface area contributed by atoms with Crippen LogP contribution in [0.4, 0.5) is 0 Å². The monoisotopic (exact) mass is 225 g/mol. The molecule has 7 nitrogen and oxygen atoms in total. The summed E-state index contributed by atoms with van der Waals surface area (Å²) in [5, 5.41) is 2.44. The lowest BCUT2D eigenvalue weighted by molar-refractivity contribution is -0.126. The third-order valence-corrected chi connectivity index (χ3v) is 2.04. The van der Waals surface area contributed by atoms with Gasteiger partial charge in [0, 0.05) is 19.7 Å². The number of carbonyl (C=O) groups is 2. The second-order valence-electron chi connectivity index (χ2n) is 3.46. The molecule has 0 fully saturated rings. The van der Waals surface area contributed by atoms with Crippen molar-refractivity contribution in [1.82, 2.24) is 14.9 Å². The molecular formula is C9H15N5O2. The van der Waals surface area contributed by atoms with Gasteiger partial charge in [0.2, 0.25) is 11.8 Å². The quantitative estimate of drug-likeness (QED) is 0.531. The highest BCUT2D eigenvalue weighted by Gasteiger charge is 2.18. The van der Waals surface area contributed by atoms with E-state index in [0.717, 1.165) is 0 Å². The van der Waals surface area contributed by atoms with Crippen molar-refractivity contribution in [3.63, 3.8) is 0 Å². The maximum atomic E-state index is 11.1. The van der Waals surface area contributed by atoms with Crippen molar-refractivity contribution >= 4 is 11.8 Å². The standard InChI is InChI=1S/C9H15N5O2/c1-14-4-6(12-5-14)2-7(9(11)16)13-8(15)3-10/h4-5,7H,2-3,10H2,1H3,(H2,11,16)(H,13,15). The number of nitrogens with one attached hydrogen (secondary N) is 1. The van der Waals surface area contributed by atoms with Crippen LogP contribution in [0.2, 0.25) is 0 Å². The molecule has 0 aromatic carbocycles. The molecule has 0 aliphatic rings. The second kappa shape index (κ2) is 5.26. The molecule has 1 aromatic rings. The number of rotatable bonds is 5. The number of imidazole rings is 1. The smallest absolute Gasteiger partial charge is 0.240 e. The van der Waals surface area contributed by atoms with Gasteiger partial charge >= 0.3 is 0 Å². The molecular weight excluding hydrogens is 210 g/mol. The largest absolute Gasteiger partial charge is 0.368 e. The topological polar surface area (TPSA) is 116 Å². The number of primary amides is 1. The van der Waals surface area contributed by atoms with E-state index in [4.69, 9.17) is 11.5 Å². The maximum absolute atomic E-state index is 11.1. The lowest BCUT2D eigenvalue weighted by Gasteiger charge is -2.13. The van der Waals surface area contributed by atoms with Crippen LogP contribution in [-0.4, -0.2) is 34.0 Å². The van der Waals surface area contributed by atoms with Gasteiger partial charge in [0.1, 0.15) is 6.04 Å². The third-order valence-electron chi connectivity index (χ3n) is 2.04. The zero-order valence-electron chi connectivity index (χ0n) is 9.01. The Morgan fingerprint density at radius 3 is 2.75 bits per heavy atom. The van der Waals surface area contributed by atoms with Crippen molar-refractivity contribution in [2.75, 3.05) is 6.54 Å². The van der Waals surface area contributed by atoms with E-state index < -0.39 is 17.9 Å². The molecule has 2 amide bonds. The van der Waals surface area contributed by atoms with Gasteiger partial charge in [-0.3, -0.25) is 9.59 Å². The van der Waals surface area contributed by atoms with Crippen molar-refractivity contribution in [1.29, 1.82) is 0 Å². The Morgan fingerprint density at radius 2 is 2.31 bits per heavy atom. The average Bonchev–Trinajstić information content (AvgIpc) is 2.62. The van der Waals surface area contributed by atoms with Gasteiger partial charge in [0.05, 0.1) is 18.6 Å². The number of nitrogens with two attached hydrogens (primary N) is 2. The summed E-state index contributed by atoms with van der Waals surface area (Å²) in [5.41, 5.74) is 11.0. The summed E-state index contributed by atoms with van der Waals surface area (Å²) < 4.78 is 1.75. The van der Waals surface area contributed by atoms with Crippen LogP contribution in [0.3, 0.4) is 0 Å². The minimum atomic E-state index is -0.772. The predicted molar refractivity (Wildman–Crippen MR) is 57.1 cm³/mol. The number of nitrogens with zero attached hydrogens (tertiary/aromatic N) is 2. The number of amides is 2. The summed E-state index contributed by atoms with van der Waals surface area (Å²) >= 11 is 0. The Morgan fingerprint density at radius 1 is 1.62 bits per heavy atom. The number of carbonyl (C=O) groups excluding carboxylic acids is 2. The van der Waals surface area contributed by atoms with Crippen molar-refractivity contribution in [2.45, 2.75) is 12.5 Å². The molecule has 16 heavy (non-hydrogen) atoms. The van der Waals surface area contributed by atoms with Gasteiger partial charge in [0.25, 0.3) is 0 Å². The summed E-state index contributed by atoms with van der Waals surface area (Å²) in [6, 6.07) is -0.772. The van der Waals surface area contributed by atoms with E-state index in [1.54, 1.807) is 17.1 Å². The van der Waals surface area contributed by atoms with E-state index in [0.29, 0.717) is 5.69 Å². The molecule has 1 atom stereocenters. The minimum Gasteiger partial charge on any atom is -0.368 e. The minimum absolute atomic E-state index is 0.175. The highest BCUT2D eigenvalue weighted by atomic mass is 16.2. The molecule has 0 saturated heterocycles. The average molecular weight is 225 g/mol. The molecule has 0 saturated carbocycles. The fraction of sp³-hybridized carbons (Fsp3) is 0.444. The van der Waals surface area contributed by atoms with Gasteiger partial charge in [-0.05, 0) is 0 Å². The zero-order chi connectivity index (χ0) is 12.1. The van der Waals surface area contributed by atoms with Crippen molar-refractivity contribution in [3.05, 3.63) is 18.2 Å². The molecule has 0 aliphatic carbocycles. The van der Waals surface area contributed by atoms with Crippen LogP contribution in [0.15, 0.2) is 12.5 Å². The first-order chi connectivity index (χ1) is 7.52. The Bertz CT molecular complexity index is 387. The van der Waals surface area contributed by atoms with E-state index in [-0.39, 0.29) is 13.0 Å². The fourth-order valence-corrected chi connectivity index (χ4v) is 1.26. The number of aryl methyl sites for hydroxylation is 1. The van der Waals surface area contributed by atoms with Crippen molar-refractivity contribution in [3.8, 4) is 0 Å². The van der Waals surface area contributed by atoms with E-state index in [1.165, 1.54) is 0 Å². The van der Waals surface area contributed by atoms with Gasteiger partial charge in [-0.15, -0.1) is 0 Å². The van der Waals surface area contributed by atoms with Crippen LogP contribution in [0.1, 0.15) is 5.69 Å². The second-order valence-corrected chi connectivity index (χ2v) is 3.46. The number of hydrogen-bond acceptors (Lipinski definition) is 4. The van der Waals surface area contributed by atoms with Gasteiger partial charge < -0.3 is 21.4 Å². The SMILES string of the molecule is Cn1cnc(CC(NC(=O)CN)C(N)=O)c1. The first kappa shape index (κ1) is 12.2. The van der Waals surface area contributed by atoms with E-state index in [1.807, 2.05) is 7.05 Å². The summed E-state index contributed by atoms with van der Waals surface area (Å²) in [6.07, 6.45) is 3.63. The summed E-state index contributed by atoms with van der Waals surface area (Å²) in [4.78, 5) is 26.2. The lowest BCUT2D eigenvalue weighted by Crippen LogP contribution is -2.47. The Kier molecular flexibility index (Phi) is 4.01. The van der Waals surface area contributed by atoms with Crippen LogP contribution in [-0.2, 0) is 23.1 Å². The number of aromatic nitrogens is 2. The van der Waals surface area contributed by atoms with E-state index in [2.05, 4.69) is 10.3 Å². The maximum Gasteiger partial charge on any atom is 0.240 e. The Balaban J connectivity index is 2.65. The molecule has 88 valence electrons. The molecule has 1 aromatic heterocycles. The van der Waals surface area contributed by atoms with Crippen molar-refractivity contribution in [2.24, 2.45) is 18.5 Å². The molecule has 1 unspecified atom stereocenters. The molecule has 0 radical (unpaired) electrons. The Labute approximate surface area is 92.8 Å². The highest BCUT2D eigenvalue weighted by molar-refractivity contribution is 5.87. The molecule has 0 spiro atoms. The van der Waals surface area contributed by atoms with Gasteiger partial charge in [0.15, 0.2) is 0 Å². The summed E-state index contributed by atoms with van der Waals surface area (Å²) in [5.74, 6) is -1.02. The van der Waals surface area contributed by atoms with Crippen LogP contribution in [0.5, 0.6) is 0 Å². The molecule has 1 rings (SSSR count). The fourth-order valence-electron chi connectivity index (χ4n) is 1.26. The first-order valence-corrected chi connectivity index (χ1v) is 4.78.